The molecule has 0 saturated carbocycles. The zero-order valence-electron chi connectivity index (χ0n) is 15.4. The Labute approximate surface area is 152 Å². The molecule has 2 aromatic rings. The van der Waals surface area contributed by atoms with Crippen LogP contribution in [0.3, 0.4) is 0 Å². The highest BCUT2D eigenvalue weighted by Gasteiger charge is 2.05. The van der Waals surface area contributed by atoms with Crippen molar-refractivity contribution in [2.45, 2.75) is 39.5 Å². The fourth-order valence-electron chi connectivity index (χ4n) is 2.26. The molecule has 8 heteroatoms. The summed E-state index contributed by atoms with van der Waals surface area (Å²) < 4.78 is 11.2. The van der Waals surface area contributed by atoms with Crippen LogP contribution < -0.4 is 20.6 Å². The van der Waals surface area contributed by atoms with Crippen LogP contribution in [-0.2, 0) is 0 Å². The second-order valence-electron chi connectivity index (χ2n) is 5.76. The van der Waals surface area contributed by atoms with E-state index >= 15 is 0 Å². The van der Waals surface area contributed by atoms with Crippen LogP contribution >= 0.6 is 0 Å². The van der Waals surface area contributed by atoms with Gasteiger partial charge in [0.2, 0.25) is 0 Å². The van der Waals surface area contributed by atoms with Gasteiger partial charge in [0.1, 0.15) is 5.69 Å². The number of methoxy groups -OCH3 is 1. The fourth-order valence-corrected chi connectivity index (χ4v) is 2.26. The molecule has 0 amide bonds. The molecule has 140 valence electrons. The summed E-state index contributed by atoms with van der Waals surface area (Å²) in [4.78, 5) is 15.0. The van der Waals surface area contributed by atoms with Gasteiger partial charge in [0.15, 0.2) is 17.3 Å². The van der Waals surface area contributed by atoms with E-state index in [1.165, 1.54) is 19.3 Å². The Bertz CT molecular complexity index is 789. The number of benzene rings is 1. The van der Waals surface area contributed by atoms with Crippen LogP contribution in [0.15, 0.2) is 28.1 Å². The number of nitrogens with zero attached hydrogens (tertiary/aromatic N) is 3. The first-order valence-corrected chi connectivity index (χ1v) is 8.67. The summed E-state index contributed by atoms with van der Waals surface area (Å²) >= 11 is 0. The average molecular weight is 359 g/mol. The lowest BCUT2D eigenvalue weighted by Crippen LogP contribution is -2.15. The van der Waals surface area contributed by atoms with Crippen LogP contribution in [0.5, 0.6) is 11.5 Å². The van der Waals surface area contributed by atoms with Crippen molar-refractivity contribution in [1.29, 1.82) is 0 Å². The van der Waals surface area contributed by atoms with Gasteiger partial charge in [0.25, 0.3) is 0 Å². The first kappa shape index (κ1) is 19.4. The Hall–Kier alpha value is -2.90. The van der Waals surface area contributed by atoms with Crippen molar-refractivity contribution in [2.75, 3.05) is 19.1 Å². The molecule has 0 atom stereocenters. The number of aromatic amines is 1. The van der Waals surface area contributed by atoms with Gasteiger partial charge < -0.3 is 9.47 Å². The van der Waals surface area contributed by atoms with Crippen molar-refractivity contribution in [1.82, 2.24) is 15.2 Å². The number of hydrogen-bond acceptors (Lipinski definition) is 7. The van der Waals surface area contributed by atoms with Crippen molar-refractivity contribution in [3.63, 3.8) is 0 Å². The molecule has 0 aliphatic carbocycles. The number of aryl methyl sites for hydroxylation is 1. The van der Waals surface area contributed by atoms with Gasteiger partial charge in [-0.3, -0.25) is 5.43 Å². The summed E-state index contributed by atoms with van der Waals surface area (Å²) in [5.41, 5.74) is 3.55. The van der Waals surface area contributed by atoms with Gasteiger partial charge in [0, 0.05) is 0 Å². The minimum Gasteiger partial charge on any atom is -0.493 e. The van der Waals surface area contributed by atoms with E-state index in [2.05, 4.69) is 32.6 Å². The van der Waals surface area contributed by atoms with Crippen LogP contribution in [0.25, 0.3) is 0 Å². The van der Waals surface area contributed by atoms with Crippen molar-refractivity contribution >= 4 is 12.0 Å². The molecule has 2 N–H and O–H groups in total. The minimum absolute atomic E-state index is 0.309. The average Bonchev–Trinajstić information content (AvgIpc) is 2.65. The van der Waals surface area contributed by atoms with E-state index in [9.17, 15) is 4.79 Å². The van der Waals surface area contributed by atoms with Gasteiger partial charge in [-0.1, -0.05) is 26.2 Å². The highest BCUT2D eigenvalue weighted by molar-refractivity contribution is 5.81. The van der Waals surface area contributed by atoms with Crippen LogP contribution in [-0.4, -0.2) is 35.1 Å². The number of ether oxygens (including phenoxy) is 2. The van der Waals surface area contributed by atoms with Crippen LogP contribution in [0.4, 0.5) is 5.82 Å². The van der Waals surface area contributed by atoms with E-state index in [1.807, 2.05) is 18.2 Å². The molecular formula is C18H25N5O3. The number of anilines is 1. The summed E-state index contributed by atoms with van der Waals surface area (Å²) in [6.45, 7) is 4.57. The van der Waals surface area contributed by atoms with E-state index < -0.39 is 5.69 Å². The molecule has 0 bridgehead atoms. The topological polar surface area (TPSA) is 101 Å². The summed E-state index contributed by atoms with van der Waals surface area (Å²) in [6, 6.07) is 5.58. The number of hydrogen-bond donors (Lipinski definition) is 2. The van der Waals surface area contributed by atoms with Crippen molar-refractivity contribution in [3.8, 4) is 11.5 Å². The first-order chi connectivity index (χ1) is 12.6. The Morgan fingerprint density at radius 1 is 1.27 bits per heavy atom. The van der Waals surface area contributed by atoms with Gasteiger partial charge in [0.05, 0.1) is 19.9 Å². The van der Waals surface area contributed by atoms with Crippen LogP contribution in [0.2, 0.25) is 0 Å². The minimum atomic E-state index is -0.532. The highest BCUT2D eigenvalue weighted by Crippen LogP contribution is 2.27. The second kappa shape index (κ2) is 10.2. The molecule has 1 heterocycles. The molecule has 0 spiro atoms. The predicted molar refractivity (Wildman–Crippen MR) is 101 cm³/mol. The van der Waals surface area contributed by atoms with Gasteiger partial charge in [-0.05, 0) is 37.1 Å². The van der Waals surface area contributed by atoms with E-state index in [4.69, 9.17) is 9.47 Å². The molecule has 0 saturated heterocycles. The van der Waals surface area contributed by atoms with E-state index in [0.29, 0.717) is 29.6 Å². The lowest BCUT2D eigenvalue weighted by molar-refractivity contribution is 0.285. The van der Waals surface area contributed by atoms with Crippen molar-refractivity contribution in [2.24, 2.45) is 5.10 Å². The standard InChI is InChI=1S/C18H25N5O3/c1-4-5-6-7-10-26-15-9-8-14(11-16(15)25-3)12-19-22-17-13(2)21-23-18(24)20-17/h8-9,11-12H,4-7,10H2,1-3H3,(H2,20,22,23,24)/b19-12+. The molecule has 8 nitrogen and oxygen atoms in total. The van der Waals surface area contributed by atoms with Gasteiger partial charge in [-0.2, -0.15) is 15.2 Å². The smallest absolute Gasteiger partial charge is 0.363 e. The predicted octanol–water partition coefficient (Wildman–Crippen LogP) is 2.89. The molecule has 0 radical (unpaired) electrons. The van der Waals surface area contributed by atoms with E-state index in [0.717, 1.165) is 12.0 Å². The zero-order chi connectivity index (χ0) is 18.8. The maximum atomic E-state index is 11.2. The summed E-state index contributed by atoms with van der Waals surface area (Å²) in [7, 11) is 1.60. The molecule has 1 aromatic heterocycles. The third kappa shape index (κ3) is 5.87. The van der Waals surface area contributed by atoms with Crippen LogP contribution in [0.1, 0.15) is 43.9 Å². The largest absolute Gasteiger partial charge is 0.493 e. The van der Waals surface area contributed by atoms with E-state index in [1.54, 1.807) is 20.2 Å². The molecule has 0 aliphatic heterocycles. The van der Waals surface area contributed by atoms with Gasteiger partial charge in [-0.25, -0.2) is 9.89 Å². The molecule has 0 aliphatic rings. The second-order valence-corrected chi connectivity index (χ2v) is 5.76. The maximum Gasteiger partial charge on any atom is 0.363 e. The zero-order valence-corrected chi connectivity index (χ0v) is 15.4. The number of rotatable bonds is 10. The Kier molecular flexibility index (Phi) is 7.60. The SMILES string of the molecule is CCCCCCOc1ccc(/C=N/Nc2nc(=O)[nH]nc2C)cc1OC. The number of aromatic nitrogens is 3. The van der Waals surface area contributed by atoms with Gasteiger partial charge in [-0.15, -0.1) is 0 Å². The summed E-state index contributed by atoms with van der Waals surface area (Å²) in [5.74, 6) is 1.67. The highest BCUT2D eigenvalue weighted by atomic mass is 16.5. The number of hydrazone groups is 1. The third-order valence-corrected chi connectivity index (χ3v) is 3.70. The Balaban J connectivity index is 1.97. The fraction of sp³-hybridized carbons (Fsp3) is 0.444. The quantitative estimate of drug-likeness (QED) is 0.384. The van der Waals surface area contributed by atoms with Crippen molar-refractivity contribution in [3.05, 3.63) is 39.9 Å². The number of unbranched alkanes of at least 4 members (excludes halogenated alkanes) is 3. The Morgan fingerprint density at radius 3 is 2.88 bits per heavy atom. The molecule has 0 unspecified atom stereocenters. The maximum absolute atomic E-state index is 11.2. The lowest BCUT2D eigenvalue weighted by atomic mass is 10.2. The number of H-pyrrole nitrogens is 1. The molecule has 0 fully saturated rings. The Morgan fingerprint density at radius 2 is 2.12 bits per heavy atom. The van der Waals surface area contributed by atoms with E-state index in [-0.39, 0.29) is 0 Å². The molecule has 2 rings (SSSR count). The third-order valence-electron chi connectivity index (χ3n) is 3.70. The summed E-state index contributed by atoms with van der Waals surface area (Å²) in [5, 5.41) is 10.2. The first-order valence-electron chi connectivity index (χ1n) is 8.67. The lowest BCUT2D eigenvalue weighted by Gasteiger charge is -2.11. The number of nitrogens with one attached hydrogen (secondary N) is 2. The summed E-state index contributed by atoms with van der Waals surface area (Å²) in [6.07, 6.45) is 6.23. The molecule has 1 aromatic carbocycles. The molecular weight excluding hydrogens is 334 g/mol. The van der Waals surface area contributed by atoms with Crippen molar-refractivity contribution < 1.29 is 9.47 Å². The monoisotopic (exact) mass is 359 g/mol. The van der Waals surface area contributed by atoms with Crippen LogP contribution in [0, 0.1) is 6.92 Å². The van der Waals surface area contributed by atoms with Gasteiger partial charge >= 0.3 is 5.69 Å². The molecule has 26 heavy (non-hydrogen) atoms. The normalized spacial score (nSPS) is 10.9.